The molecule has 4 heteroatoms. The van der Waals surface area contributed by atoms with Gasteiger partial charge in [-0.2, -0.15) is 0 Å². The minimum absolute atomic E-state index is 0.104. The number of nitrogen functional groups attached to an aromatic ring is 1. The highest BCUT2D eigenvalue weighted by molar-refractivity contribution is 5.72. The highest BCUT2D eigenvalue weighted by Crippen LogP contribution is 2.18. The molecule has 0 atom stereocenters. The van der Waals surface area contributed by atoms with Gasteiger partial charge in [-0.05, 0) is 37.6 Å². The molecule has 2 N–H and O–H groups in total. The summed E-state index contributed by atoms with van der Waals surface area (Å²) < 4.78 is 10.9. The van der Waals surface area contributed by atoms with Crippen molar-refractivity contribution in [1.29, 1.82) is 0 Å². The van der Waals surface area contributed by atoms with E-state index in [2.05, 4.69) is 0 Å². The zero-order valence-electron chi connectivity index (χ0n) is 12.9. The lowest BCUT2D eigenvalue weighted by molar-refractivity contribution is -0.146. The Bertz CT molecular complexity index is 638. The fourth-order valence-electron chi connectivity index (χ4n) is 2.04. The standard InChI is InChI=1S/C18H21NO3/c1-13(2)22-18(20)11-14-6-5-8-16(10-14)21-12-15-7-3-4-9-17(15)19/h3-10,13H,11-12,19H2,1-2H3. The Morgan fingerprint density at radius 2 is 1.91 bits per heavy atom. The maximum Gasteiger partial charge on any atom is 0.310 e. The molecular weight excluding hydrogens is 278 g/mol. The molecule has 0 aromatic heterocycles. The second-order valence-corrected chi connectivity index (χ2v) is 5.35. The first kappa shape index (κ1) is 15.9. The minimum atomic E-state index is -0.237. The number of carbonyl (C=O) groups excluding carboxylic acids is 1. The highest BCUT2D eigenvalue weighted by Gasteiger charge is 2.08. The first-order valence-corrected chi connectivity index (χ1v) is 7.29. The molecule has 0 spiro atoms. The lowest BCUT2D eigenvalue weighted by Gasteiger charge is -2.10. The number of esters is 1. The molecule has 0 heterocycles. The Morgan fingerprint density at radius 1 is 1.14 bits per heavy atom. The van der Waals surface area contributed by atoms with Crippen molar-refractivity contribution in [3.05, 3.63) is 59.7 Å². The summed E-state index contributed by atoms with van der Waals surface area (Å²) in [5.74, 6) is 0.470. The maximum atomic E-state index is 11.7. The van der Waals surface area contributed by atoms with Gasteiger partial charge in [0.1, 0.15) is 12.4 Å². The molecule has 0 fully saturated rings. The van der Waals surface area contributed by atoms with E-state index in [0.717, 1.165) is 11.1 Å². The van der Waals surface area contributed by atoms with Gasteiger partial charge in [-0.1, -0.05) is 30.3 Å². The van der Waals surface area contributed by atoms with Gasteiger partial charge in [-0.3, -0.25) is 4.79 Å². The molecule has 0 saturated heterocycles. The number of anilines is 1. The quantitative estimate of drug-likeness (QED) is 0.656. The molecule has 0 aliphatic heterocycles. The predicted molar refractivity (Wildman–Crippen MR) is 86.6 cm³/mol. The van der Waals surface area contributed by atoms with Crippen molar-refractivity contribution in [1.82, 2.24) is 0 Å². The Morgan fingerprint density at radius 3 is 2.64 bits per heavy atom. The van der Waals surface area contributed by atoms with Crippen LogP contribution in [0.4, 0.5) is 5.69 Å². The number of nitrogens with two attached hydrogens (primary N) is 1. The topological polar surface area (TPSA) is 61.5 Å². The van der Waals surface area contributed by atoms with Gasteiger partial charge in [0.2, 0.25) is 0 Å². The number of carbonyl (C=O) groups is 1. The summed E-state index contributed by atoms with van der Waals surface area (Å²) in [6, 6.07) is 15.0. The van der Waals surface area contributed by atoms with Gasteiger partial charge >= 0.3 is 5.97 Å². The van der Waals surface area contributed by atoms with Crippen LogP contribution in [0.1, 0.15) is 25.0 Å². The summed E-state index contributed by atoms with van der Waals surface area (Å²) in [6.07, 6.45) is 0.135. The van der Waals surface area contributed by atoms with Crippen LogP contribution < -0.4 is 10.5 Å². The average molecular weight is 299 g/mol. The molecule has 2 rings (SSSR count). The molecule has 0 aliphatic rings. The first-order chi connectivity index (χ1) is 10.5. The van der Waals surface area contributed by atoms with Crippen LogP contribution in [0.5, 0.6) is 5.75 Å². The summed E-state index contributed by atoms with van der Waals surface area (Å²) in [4.78, 5) is 11.7. The number of ether oxygens (including phenoxy) is 2. The third-order valence-electron chi connectivity index (χ3n) is 3.06. The number of hydrogen-bond donors (Lipinski definition) is 1. The van der Waals surface area contributed by atoms with Crippen molar-refractivity contribution in [3.8, 4) is 5.75 Å². The van der Waals surface area contributed by atoms with Crippen LogP contribution in [0.15, 0.2) is 48.5 Å². The molecule has 4 nitrogen and oxygen atoms in total. The molecule has 116 valence electrons. The normalized spacial score (nSPS) is 10.5. The molecule has 2 aromatic rings. The number of benzene rings is 2. The average Bonchev–Trinajstić information content (AvgIpc) is 2.46. The summed E-state index contributed by atoms with van der Waals surface area (Å²) >= 11 is 0. The summed E-state index contributed by atoms with van der Waals surface area (Å²) in [7, 11) is 0. The fraction of sp³-hybridized carbons (Fsp3) is 0.278. The lowest BCUT2D eigenvalue weighted by Crippen LogP contribution is -2.13. The van der Waals surface area contributed by atoms with Gasteiger partial charge in [0.25, 0.3) is 0 Å². The SMILES string of the molecule is CC(C)OC(=O)Cc1cccc(OCc2ccccc2N)c1. The van der Waals surface area contributed by atoms with E-state index >= 15 is 0 Å². The molecule has 0 aliphatic carbocycles. The van der Waals surface area contributed by atoms with Gasteiger partial charge in [-0.15, -0.1) is 0 Å². The van der Waals surface area contributed by atoms with E-state index in [9.17, 15) is 4.79 Å². The van der Waals surface area contributed by atoms with Crippen LogP contribution in [0, 0.1) is 0 Å². The molecule has 2 aromatic carbocycles. The van der Waals surface area contributed by atoms with Crippen molar-refractivity contribution >= 4 is 11.7 Å². The number of hydrogen-bond acceptors (Lipinski definition) is 4. The number of para-hydroxylation sites is 1. The third kappa shape index (κ3) is 4.81. The van der Waals surface area contributed by atoms with Crippen LogP contribution in [0.25, 0.3) is 0 Å². The first-order valence-electron chi connectivity index (χ1n) is 7.29. The van der Waals surface area contributed by atoms with Gasteiger partial charge in [-0.25, -0.2) is 0 Å². The van der Waals surface area contributed by atoms with Crippen LogP contribution in [-0.2, 0) is 22.6 Å². The van der Waals surface area contributed by atoms with Gasteiger partial charge in [0, 0.05) is 11.3 Å². The second-order valence-electron chi connectivity index (χ2n) is 5.35. The van der Waals surface area contributed by atoms with Gasteiger partial charge in [0.05, 0.1) is 12.5 Å². The highest BCUT2D eigenvalue weighted by atomic mass is 16.5. The van der Waals surface area contributed by atoms with E-state index in [-0.39, 0.29) is 18.5 Å². The van der Waals surface area contributed by atoms with Crippen molar-refractivity contribution in [2.75, 3.05) is 5.73 Å². The van der Waals surface area contributed by atoms with Crippen LogP contribution in [0.2, 0.25) is 0 Å². The zero-order valence-corrected chi connectivity index (χ0v) is 12.9. The number of rotatable bonds is 6. The summed E-state index contributed by atoms with van der Waals surface area (Å²) in [5, 5.41) is 0. The largest absolute Gasteiger partial charge is 0.489 e. The Hall–Kier alpha value is -2.49. The molecule has 0 amide bonds. The molecule has 0 radical (unpaired) electrons. The third-order valence-corrected chi connectivity index (χ3v) is 3.06. The summed E-state index contributed by atoms with van der Waals surface area (Å²) in [5.41, 5.74) is 8.40. The van der Waals surface area contributed by atoms with Crippen LogP contribution in [0.3, 0.4) is 0 Å². The van der Waals surface area contributed by atoms with E-state index in [1.165, 1.54) is 0 Å². The van der Waals surface area contributed by atoms with E-state index in [1.807, 2.05) is 62.4 Å². The van der Waals surface area contributed by atoms with Crippen molar-refractivity contribution in [3.63, 3.8) is 0 Å². The smallest absolute Gasteiger partial charge is 0.310 e. The minimum Gasteiger partial charge on any atom is -0.489 e. The molecule has 0 unspecified atom stereocenters. The predicted octanol–water partition coefficient (Wildman–Crippen LogP) is 3.34. The van der Waals surface area contributed by atoms with E-state index in [1.54, 1.807) is 0 Å². The molecule has 22 heavy (non-hydrogen) atoms. The van der Waals surface area contributed by atoms with Crippen LogP contribution in [-0.4, -0.2) is 12.1 Å². The Balaban J connectivity index is 1.97. The van der Waals surface area contributed by atoms with Gasteiger partial charge < -0.3 is 15.2 Å². The lowest BCUT2D eigenvalue weighted by atomic mass is 10.1. The summed E-state index contributed by atoms with van der Waals surface area (Å²) in [6.45, 7) is 4.07. The van der Waals surface area contributed by atoms with Crippen molar-refractivity contribution < 1.29 is 14.3 Å². The molecule has 0 saturated carbocycles. The van der Waals surface area contributed by atoms with E-state index < -0.39 is 0 Å². The maximum absolute atomic E-state index is 11.7. The molecule has 0 bridgehead atoms. The molecular formula is C18H21NO3. The van der Waals surface area contributed by atoms with Crippen molar-refractivity contribution in [2.24, 2.45) is 0 Å². The fourth-order valence-corrected chi connectivity index (χ4v) is 2.04. The van der Waals surface area contributed by atoms with E-state index in [0.29, 0.717) is 18.0 Å². The van der Waals surface area contributed by atoms with E-state index in [4.69, 9.17) is 15.2 Å². The van der Waals surface area contributed by atoms with Gasteiger partial charge in [0.15, 0.2) is 0 Å². The second kappa shape index (κ2) is 7.50. The van der Waals surface area contributed by atoms with Crippen LogP contribution >= 0.6 is 0 Å². The van der Waals surface area contributed by atoms with Crippen molar-refractivity contribution in [2.45, 2.75) is 33.0 Å². The Labute approximate surface area is 130 Å². The zero-order chi connectivity index (χ0) is 15.9. The Kier molecular flexibility index (Phi) is 5.42. The monoisotopic (exact) mass is 299 g/mol.